The van der Waals surface area contributed by atoms with Crippen molar-refractivity contribution in [2.75, 3.05) is 31.7 Å². The number of rotatable bonds is 9. The molecule has 12 heteroatoms. The van der Waals surface area contributed by atoms with Crippen molar-refractivity contribution in [3.8, 4) is 11.5 Å². The zero-order chi connectivity index (χ0) is 25.8. The van der Waals surface area contributed by atoms with Crippen molar-refractivity contribution in [1.29, 1.82) is 0 Å². The molecule has 192 valence electrons. The highest BCUT2D eigenvalue weighted by Gasteiger charge is 2.33. The minimum absolute atomic E-state index is 0.0454. The van der Waals surface area contributed by atoms with Crippen molar-refractivity contribution < 1.29 is 35.8 Å². The summed E-state index contributed by atoms with van der Waals surface area (Å²) >= 11 is 0. The molecule has 0 fully saturated rings. The normalized spacial score (nSPS) is 15.6. The van der Waals surface area contributed by atoms with Crippen LogP contribution in [0.15, 0.2) is 59.6 Å². The summed E-state index contributed by atoms with van der Waals surface area (Å²) in [5.74, 6) is 0.172. The molecule has 0 aliphatic carbocycles. The number of halogens is 3. The lowest BCUT2D eigenvalue weighted by atomic mass is 9.85. The van der Waals surface area contributed by atoms with Crippen LogP contribution >= 0.6 is 0 Å². The molecule has 1 aromatic heterocycles. The van der Waals surface area contributed by atoms with Crippen LogP contribution in [-0.4, -0.2) is 45.5 Å². The quantitative estimate of drug-likeness (QED) is 0.409. The fourth-order valence-corrected chi connectivity index (χ4v) is 4.93. The maximum absolute atomic E-state index is 13.4. The second-order valence-corrected chi connectivity index (χ2v) is 9.73. The third-order valence-electron chi connectivity index (χ3n) is 5.61. The summed E-state index contributed by atoms with van der Waals surface area (Å²) in [7, 11) is -2.44. The smallest absolute Gasteiger partial charge is 0.416 e. The van der Waals surface area contributed by atoms with Crippen molar-refractivity contribution >= 4 is 15.8 Å². The Hall–Kier alpha value is -3.38. The number of nitrogens with one attached hydrogen (secondary N) is 1. The Morgan fingerprint density at radius 1 is 1.11 bits per heavy atom. The molecule has 1 aliphatic heterocycles. The van der Waals surface area contributed by atoms with Gasteiger partial charge in [0.05, 0.1) is 23.7 Å². The molecule has 1 atom stereocenters. The van der Waals surface area contributed by atoms with Gasteiger partial charge < -0.3 is 14.2 Å². The van der Waals surface area contributed by atoms with Gasteiger partial charge in [-0.2, -0.15) is 18.3 Å². The molecule has 1 N–H and O–H groups in total. The minimum Gasteiger partial charge on any atom is -0.493 e. The second kappa shape index (κ2) is 10.7. The number of benzene rings is 2. The lowest BCUT2D eigenvalue weighted by Gasteiger charge is -2.28. The number of hydrogen-bond acceptors (Lipinski definition) is 7. The van der Waals surface area contributed by atoms with E-state index in [9.17, 15) is 21.6 Å². The Morgan fingerprint density at radius 2 is 1.92 bits per heavy atom. The molecule has 8 nitrogen and oxygen atoms in total. The van der Waals surface area contributed by atoms with Crippen molar-refractivity contribution in [2.24, 2.45) is 0 Å². The highest BCUT2D eigenvalue weighted by molar-refractivity contribution is 7.92. The van der Waals surface area contributed by atoms with E-state index in [2.05, 4.69) is 14.9 Å². The molecule has 0 spiro atoms. The first-order valence-electron chi connectivity index (χ1n) is 11.1. The van der Waals surface area contributed by atoms with Crippen LogP contribution in [0, 0.1) is 0 Å². The van der Waals surface area contributed by atoms with Gasteiger partial charge in [0.2, 0.25) is 0 Å². The number of methoxy groups -OCH3 is 1. The maximum atomic E-state index is 13.4. The number of nitrogens with zero attached hydrogens (tertiary/aromatic N) is 2. The van der Waals surface area contributed by atoms with Gasteiger partial charge in [0.25, 0.3) is 10.0 Å². The summed E-state index contributed by atoms with van der Waals surface area (Å²) in [4.78, 5) is -0.0454. The van der Waals surface area contributed by atoms with Crippen LogP contribution in [-0.2, 0) is 20.9 Å². The Kier molecular flexibility index (Phi) is 7.65. The van der Waals surface area contributed by atoms with Gasteiger partial charge in [0.15, 0.2) is 5.82 Å². The molecule has 0 radical (unpaired) electrons. The number of fused-ring (bicyclic) bond motifs is 1. The highest BCUT2D eigenvalue weighted by atomic mass is 32.2. The number of ether oxygens (including phenoxy) is 3. The molecule has 1 unspecified atom stereocenters. The molecule has 2 aromatic carbocycles. The monoisotopic (exact) mass is 523 g/mol. The van der Waals surface area contributed by atoms with Crippen LogP contribution in [0.25, 0.3) is 0 Å². The van der Waals surface area contributed by atoms with Gasteiger partial charge in [-0.3, -0.25) is 4.72 Å². The maximum Gasteiger partial charge on any atom is 0.416 e. The van der Waals surface area contributed by atoms with E-state index in [-0.39, 0.29) is 35.6 Å². The highest BCUT2D eigenvalue weighted by Crippen LogP contribution is 2.44. The SMILES string of the molecule is COCCCOc1cc(C(F)(F)F)ccc1C1CCOc2cc(S(=O)(=O)Nc3cccnn3)ccc21. The van der Waals surface area contributed by atoms with Crippen LogP contribution in [0.5, 0.6) is 11.5 Å². The molecule has 4 rings (SSSR count). The van der Waals surface area contributed by atoms with E-state index in [0.29, 0.717) is 36.3 Å². The van der Waals surface area contributed by atoms with Gasteiger partial charge in [-0.15, -0.1) is 5.10 Å². The van der Waals surface area contributed by atoms with E-state index in [1.807, 2.05) is 0 Å². The Morgan fingerprint density at radius 3 is 2.64 bits per heavy atom. The third-order valence-corrected chi connectivity index (χ3v) is 6.97. The van der Waals surface area contributed by atoms with Crippen LogP contribution in [0.3, 0.4) is 0 Å². The van der Waals surface area contributed by atoms with E-state index in [4.69, 9.17) is 14.2 Å². The van der Waals surface area contributed by atoms with Crippen LogP contribution in [0.1, 0.15) is 35.4 Å². The number of hydrogen-bond donors (Lipinski definition) is 1. The topological polar surface area (TPSA) is 99.6 Å². The van der Waals surface area contributed by atoms with Gasteiger partial charge in [0, 0.05) is 49.4 Å². The standard InChI is InChI=1S/C24H24F3N3O5S/c1-33-11-3-12-34-21-14-16(24(25,26)27)5-7-19(21)18-9-13-35-22-15-17(6-8-20(18)22)36(31,32)30-23-4-2-10-28-29-23/h2,4-8,10,14-15,18H,3,9,11-13H2,1H3,(H,29,30). The van der Waals surface area contributed by atoms with E-state index in [0.717, 1.165) is 12.1 Å². The Balaban J connectivity index is 1.66. The predicted molar refractivity (Wildman–Crippen MR) is 125 cm³/mol. The molecule has 36 heavy (non-hydrogen) atoms. The summed E-state index contributed by atoms with van der Waals surface area (Å²) in [6, 6.07) is 10.9. The molecule has 0 bridgehead atoms. The fraction of sp³-hybridized carbons (Fsp3) is 0.333. The number of sulfonamides is 1. The van der Waals surface area contributed by atoms with E-state index in [1.54, 1.807) is 12.1 Å². The molecule has 0 saturated carbocycles. The predicted octanol–water partition coefficient (Wildman–Crippen LogP) is 4.63. The van der Waals surface area contributed by atoms with Crippen LogP contribution in [0.2, 0.25) is 0 Å². The van der Waals surface area contributed by atoms with E-state index < -0.39 is 21.8 Å². The summed E-state index contributed by atoms with van der Waals surface area (Å²) in [5.41, 5.74) is 0.413. The summed E-state index contributed by atoms with van der Waals surface area (Å²) in [6.45, 7) is 0.848. The van der Waals surface area contributed by atoms with Crippen LogP contribution < -0.4 is 14.2 Å². The first-order chi connectivity index (χ1) is 17.2. The van der Waals surface area contributed by atoms with Crippen LogP contribution in [0.4, 0.5) is 19.0 Å². The number of aromatic nitrogens is 2. The van der Waals surface area contributed by atoms with Crippen molar-refractivity contribution in [1.82, 2.24) is 10.2 Å². The Bertz CT molecular complexity index is 1300. The molecule has 2 heterocycles. The summed E-state index contributed by atoms with van der Waals surface area (Å²) < 4.78 is 84.6. The number of anilines is 1. The molecular weight excluding hydrogens is 499 g/mol. The third kappa shape index (κ3) is 5.88. The first-order valence-corrected chi connectivity index (χ1v) is 12.6. The van der Waals surface area contributed by atoms with Gasteiger partial charge in [-0.05, 0) is 36.8 Å². The molecule has 1 aliphatic rings. The molecule has 3 aromatic rings. The van der Waals surface area contributed by atoms with Crippen molar-refractivity contribution in [3.05, 3.63) is 71.4 Å². The minimum atomic E-state index is -4.52. The second-order valence-electron chi connectivity index (χ2n) is 8.05. The van der Waals surface area contributed by atoms with E-state index in [1.165, 1.54) is 37.6 Å². The Labute approximate surface area is 206 Å². The lowest BCUT2D eigenvalue weighted by molar-refractivity contribution is -0.137. The van der Waals surface area contributed by atoms with Crippen molar-refractivity contribution in [3.63, 3.8) is 0 Å². The first kappa shape index (κ1) is 25.7. The molecule has 0 saturated heterocycles. The van der Waals surface area contributed by atoms with Gasteiger partial charge in [-0.1, -0.05) is 12.1 Å². The zero-order valence-electron chi connectivity index (χ0n) is 19.3. The molecule has 0 amide bonds. The zero-order valence-corrected chi connectivity index (χ0v) is 20.1. The lowest BCUT2D eigenvalue weighted by Crippen LogP contribution is -2.19. The fourth-order valence-electron chi connectivity index (χ4n) is 3.92. The average molecular weight is 524 g/mol. The molecular formula is C24H24F3N3O5S. The van der Waals surface area contributed by atoms with E-state index >= 15 is 0 Å². The summed E-state index contributed by atoms with van der Waals surface area (Å²) in [5, 5.41) is 7.37. The van der Waals surface area contributed by atoms with Gasteiger partial charge >= 0.3 is 6.18 Å². The largest absolute Gasteiger partial charge is 0.493 e. The van der Waals surface area contributed by atoms with Gasteiger partial charge in [-0.25, -0.2) is 8.42 Å². The average Bonchev–Trinajstić information content (AvgIpc) is 2.85. The number of alkyl halides is 3. The van der Waals surface area contributed by atoms with Gasteiger partial charge in [0.1, 0.15) is 11.5 Å². The summed E-state index contributed by atoms with van der Waals surface area (Å²) in [6.07, 6.45) is -2.11. The van der Waals surface area contributed by atoms with Crippen molar-refractivity contribution in [2.45, 2.75) is 29.8 Å².